The third-order valence-corrected chi connectivity index (χ3v) is 4.04. The van der Waals surface area contributed by atoms with Crippen LogP contribution >= 0.6 is 0 Å². The van der Waals surface area contributed by atoms with E-state index in [2.05, 4.69) is 39.0 Å². The highest BCUT2D eigenvalue weighted by Gasteiger charge is 2.17. The standard InChI is InChI=1S/C19H30O/c1-19(2,3)20-15-9-5-4-6-10-16-13-14-17-11-7-8-12-18(16)17/h11-13H,4-10,14-15H2,1-3H3. The third kappa shape index (κ3) is 4.94. The molecule has 0 aromatic heterocycles. The van der Waals surface area contributed by atoms with Gasteiger partial charge < -0.3 is 4.74 Å². The number of unbranched alkanes of at least 4 members (excludes halogenated alkanes) is 3. The number of fused-ring (bicyclic) bond motifs is 1. The van der Waals surface area contributed by atoms with Gasteiger partial charge in [-0.05, 0) is 76.0 Å². The van der Waals surface area contributed by atoms with E-state index in [0.29, 0.717) is 0 Å². The average molecular weight is 274 g/mol. The monoisotopic (exact) mass is 274 g/mol. The minimum Gasteiger partial charge on any atom is -0.376 e. The summed E-state index contributed by atoms with van der Waals surface area (Å²) < 4.78 is 5.75. The topological polar surface area (TPSA) is 9.23 Å². The Kier molecular flexibility index (Phi) is 5.65. The van der Waals surface area contributed by atoms with E-state index in [9.17, 15) is 0 Å². The van der Waals surface area contributed by atoms with Gasteiger partial charge in [0.15, 0.2) is 0 Å². The molecule has 0 atom stereocenters. The van der Waals surface area contributed by atoms with Gasteiger partial charge in [-0.3, -0.25) is 0 Å². The fourth-order valence-corrected chi connectivity index (χ4v) is 2.99. The number of ether oxygens (including phenoxy) is 1. The summed E-state index contributed by atoms with van der Waals surface area (Å²) in [6, 6.07) is 0. The van der Waals surface area contributed by atoms with Crippen molar-refractivity contribution >= 4 is 0 Å². The molecule has 0 fully saturated rings. The molecule has 0 aromatic carbocycles. The van der Waals surface area contributed by atoms with Gasteiger partial charge in [-0.15, -0.1) is 0 Å². The SMILES string of the molecule is CC(C)(C)OCCCCCCC1=CCC2=CCCC=C21. The maximum absolute atomic E-state index is 5.75. The molecule has 2 aliphatic carbocycles. The molecule has 0 heterocycles. The molecule has 2 aliphatic rings. The second kappa shape index (κ2) is 7.26. The van der Waals surface area contributed by atoms with Crippen LogP contribution in [0.4, 0.5) is 0 Å². The van der Waals surface area contributed by atoms with Gasteiger partial charge >= 0.3 is 0 Å². The molecule has 0 aromatic rings. The fraction of sp³-hybridized carbons (Fsp3) is 0.684. The Morgan fingerprint density at radius 3 is 2.50 bits per heavy atom. The Morgan fingerprint density at radius 1 is 0.950 bits per heavy atom. The van der Waals surface area contributed by atoms with Crippen LogP contribution in [0.5, 0.6) is 0 Å². The zero-order chi connectivity index (χ0) is 14.4. The predicted octanol–water partition coefficient (Wildman–Crippen LogP) is 5.73. The summed E-state index contributed by atoms with van der Waals surface area (Å²) in [7, 11) is 0. The minimum absolute atomic E-state index is 0.0187. The molecule has 112 valence electrons. The summed E-state index contributed by atoms with van der Waals surface area (Å²) in [5.74, 6) is 0. The quantitative estimate of drug-likeness (QED) is 0.539. The molecule has 20 heavy (non-hydrogen) atoms. The van der Waals surface area contributed by atoms with Crippen LogP contribution in [0.1, 0.15) is 72.1 Å². The summed E-state index contributed by atoms with van der Waals surface area (Å²) in [5.41, 5.74) is 4.80. The van der Waals surface area contributed by atoms with Crippen molar-refractivity contribution in [2.45, 2.75) is 77.7 Å². The van der Waals surface area contributed by atoms with Crippen molar-refractivity contribution in [2.75, 3.05) is 6.61 Å². The van der Waals surface area contributed by atoms with Crippen molar-refractivity contribution in [3.63, 3.8) is 0 Å². The van der Waals surface area contributed by atoms with E-state index < -0.39 is 0 Å². The zero-order valence-electron chi connectivity index (χ0n) is 13.5. The number of hydrogen-bond acceptors (Lipinski definition) is 1. The van der Waals surface area contributed by atoms with Gasteiger partial charge in [-0.2, -0.15) is 0 Å². The molecular formula is C19H30O. The van der Waals surface area contributed by atoms with Gasteiger partial charge in [-0.25, -0.2) is 0 Å². The van der Waals surface area contributed by atoms with Crippen molar-refractivity contribution in [1.82, 2.24) is 0 Å². The van der Waals surface area contributed by atoms with Crippen molar-refractivity contribution in [3.8, 4) is 0 Å². The van der Waals surface area contributed by atoms with Crippen LogP contribution in [-0.4, -0.2) is 12.2 Å². The average Bonchev–Trinajstić information content (AvgIpc) is 2.80. The molecule has 0 saturated heterocycles. The summed E-state index contributed by atoms with van der Waals surface area (Å²) in [6.45, 7) is 7.29. The van der Waals surface area contributed by atoms with E-state index in [1.54, 1.807) is 16.7 Å². The van der Waals surface area contributed by atoms with Gasteiger partial charge in [0.25, 0.3) is 0 Å². The number of hydrogen-bond donors (Lipinski definition) is 0. The van der Waals surface area contributed by atoms with E-state index in [-0.39, 0.29) is 5.60 Å². The van der Waals surface area contributed by atoms with E-state index >= 15 is 0 Å². The van der Waals surface area contributed by atoms with Gasteiger partial charge in [0, 0.05) is 6.61 Å². The van der Waals surface area contributed by atoms with Crippen molar-refractivity contribution in [1.29, 1.82) is 0 Å². The molecule has 0 radical (unpaired) electrons. The van der Waals surface area contributed by atoms with Gasteiger partial charge in [0.05, 0.1) is 5.60 Å². The highest BCUT2D eigenvalue weighted by Crippen LogP contribution is 2.36. The number of allylic oxidation sites excluding steroid dienone is 6. The third-order valence-electron chi connectivity index (χ3n) is 4.04. The second-order valence-corrected chi connectivity index (χ2v) is 6.98. The molecule has 0 spiro atoms. The smallest absolute Gasteiger partial charge is 0.0598 e. The predicted molar refractivity (Wildman–Crippen MR) is 86.9 cm³/mol. The largest absolute Gasteiger partial charge is 0.376 e. The van der Waals surface area contributed by atoms with Gasteiger partial charge in [0.2, 0.25) is 0 Å². The minimum atomic E-state index is 0.0187. The lowest BCUT2D eigenvalue weighted by atomic mass is 9.94. The van der Waals surface area contributed by atoms with Crippen LogP contribution in [0, 0.1) is 0 Å². The molecule has 0 aliphatic heterocycles. The van der Waals surface area contributed by atoms with E-state index in [4.69, 9.17) is 4.74 Å². The Labute approximate surface area is 124 Å². The number of rotatable bonds is 7. The van der Waals surface area contributed by atoms with E-state index in [0.717, 1.165) is 6.61 Å². The van der Waals surface area contributed by atoms with Crippen molar-refractivity contribution in [3.05, 3.63) is 34.9 Å². The Hall–Kier alpha value is -0.820. The lowest BCUT2D eigenvalue weighted by Crippen LogP contribution is -2.19. The summed E-state index contributed by atoms with van der Waals surface area (Å²) in [4.78, 5) is 0. The van der Waals surface area contributed by atoms with Crippen molar-refractivity contribution in [2.24, 2.45) is 0 Å². The summed E-state index contributed by atoms with van der Waals surface area (Å²) in [5, 5.41) is 0. The highest BCUT2D eigenvalue weighted by atomic mass is 16.5. The summed E-state index contributed by atoms with van der Waals surface area (Å²) >= 11 is 0. The van der Waals surface area contributed by atoms with E-state index in [1.807, 2.05) is 0 Å². The maximum Gasteiger partial charge on any atom is 0.0598 e. The molecule has 0 N–H and O–H groups in total. The molecule has 0 bridgehead atoms. The molecule has 0 amide bonds. The van der Waals surface area contributed by atoms with Crippen LogP contribution < -0.4 is 0 Å². The van der Waals surface area contributed by atoms with Crippen LogP contribution in [-0.2, 0) is 4.74 Å². The first kappa shape index (κ1) is 15.6. The summed E-state index contributed by atoms with van der Waals surface area (Å²) in [6.07, 6.45) is 17.4. The van der Waals surface area contributed by atoms with Crippen LogP contribution in [0.2, 0.25) is 0 Å². The Balaban J connectivity index is 1.56. The van der Waals surface area contributed by atoms with Gasteiger partial charge in [0.1, 0.15) is 0 Å². The first-order valence-corrected chi connectivity index (χ1v) is 8.29. The zero-order valence-corrected chi connectivity index (χ0v) is 13.5. The lowest BCUT2D eigenvalue weighted by Gasteiger charge is -2.19. The molecule has 0 unspecified atom stereocenters. The molecule has 1 nitrogen and oxygen atoms in total. The van der Waals surface area contributed by atoms with Crippen LogP contribution in [0.15, 0.2) is 34.9 Å². The molecule has 0 saturated carbocycles. The molecule has 2 rings (SSSR count). The molecular weight excluding hydrogens is 244 g/mol. The first-order chi connectivity index (χ1) is 9.56. The normalized spacial score (nSPS) is 18.4. The van der Waals surface area contributed by atoms with Crippen molar-refractivity contribution < 1.29 is 4.74 Å². The fourth-order valence-electron chi connectivity index (χ4n) is 2.99. The Bertz CT molecular complexity index is 404. The Morgan fingerprint density at radius 2 is 1.70 bits per heavy atom. The second-order valence-electron chi connectivity index (χ2n) is 6.98. The van der Waals surface area contributed by atoms with Gasteiger partial charge in [-0.1, -0.05) is 31.1 Å². The van der Waals surface area contributed by atoms with Crippen LogP contribution in [0.25, 0.3) is 0 Å². The highest BCUT2D eigenvalue weighted by molar-refractivity contribution is 5.54. The van der Waals surface area contributed by atoms with Crippen LogP contribution in [0.3, 0.4) is 0 Å². The van der Waals surface area contributed by atoms with E-state index in [1.165, 1.54) is 51.4 Å². The maximum atomic E-state index is 5.75. The molecule has 1 heteroatoms. The first-order valence-electron chi connectivity index (χ1n) is 8.29. The lowest BCUT2D eigenvalue weighted by molar-refractivity contribution is -0.00473.